The zero-order valence-corrected chi connectivity index (χ0v) is 13.5. The maximum Gasteiger partial charge on any atom is 0.209 e. The third kappa shape index (κ3) is 3.93. The lowest BCUT2D eigenvalue weighted by atomic mass is 9.81. The fraction of sp³-hybridized carbons (Fsp3) is 0.923. The van der Waals surface area contributed by atoms with Gasteiger partial charge in [-0.25, -0.2) is 4.68 Å². The van der Waals surface area contributed by atoms with Crippen molar-refractivity contribution in [1.29, 1.82) is 0 Å². The van der Waals surface area contributed by atoms with Crippen molar-refractivity contribution in [3.05, 3.63) is 0 Å². The maximum absolute atomic E-state index is 5.20. The number of ether oxygens (including phenoxy) is 2. The summed E-state index contributed by atoms with van der Waals surface area (Å²) < 4.78 is 12.2. The topological polar surface area (TPSA) is 62.1 Å². The molecule has 0 radical (unpaired) electrons. The van der Waals surface area contributed by atoms with E-state index in [2.05, 4.69) is 29.4 Å². The second-order valence-corrected chi connectivity index (χ2v) is 6.82. The Kier molecular flexibility index (Phi) is 5.80. The fourth-order valence-corrected chi connectivity index (χ4v) is 3.80. The lowest BCUT2D eigenvalue weighted by Crippen LogP contribution is -2.24. The zero-order chi connectivity index (χ0) is 14.5. The largest absolute Gasteiger partial charge is 0.354 e. The highest BCUT2D eigenvalue weighted by Gasteiger charge is 2.27. The Balaban J connectivity index is 1.95. The van der Waals surface area contributed by atoms with Crippen LogP contribution in [0.5, 0.6) is 0 Å². The van der Waals surface area contributed by atoms with E-state index < -0.39 is 0 Å². The predicted molar refractivity (Wildman–Crippen MR) is 77.4 cm³/mol. The molecule has 6 nitrogen and oxygen atoms in total. The Labute approximate surface area is 124 Å². The highest BCUT2D eigenvalue weighted by atomic mass is 32.2. The molecule has 1 fully saturated rings. The summed E-state index contributed by atoms with van der Waals surface area (Å²) in [4.78, 5) is 0. The molecule has 0 amide bonds. The molecule has 1 aliphatic carbocycles. The normalized spacial score (nSPS) is 27.1. The lowest BCUT2D eigenvalue weighted by molar-refractivity contribution is -0.113. The molecule has 20 heavy (non-hydrogen) atoms. The highest BCUT2D eigenvalue weighted by Crippen LogP contribution is 2.37. The number of rotatable bonds is 6. The Morgan fingerprint density at radius 1 is 1.25 bits per heavy atom. The smallest absolute Gasteiger partial charge is 0.209 e. The van der Waals surface area contributed by atoms with Gasteiger partial charge in [-0.1, -0.05) is 25.6 Å². The second kappa shape index (κ2) is 7.38. The summed E-state index contributed by atoms with van der Waals surface area (Å²) >= 11 is 1.78. The van der Waals surface area contributed by atoms with Gasteiger partial charge in [0.15, 0.2) is 6.29 Å². The maximum atomic E-state index is 5.20. The van der Waals surface area contributed by atoms with Crippen molar-refractivity contribution >= 4 is 11.8 Å². The molecular weight excluding hydrogens is 276 g/mol. The number of hydrogen-bond donors (Lipinski definition) is 0. The van der Waals surface area contributed by atoms with E-state index >= 15 is 0 Å². The van der Waals surface area contributed by atoms with Gasteiger partial charge in [-0.05, 0) is 41.5 Å². The monoisotopic (exact) mass is 300 g/mol. The SMILES string of the molecule is COC(Cn1nnnc1SC1CCC(C)C(C)C1)OC. The van der Waals surface area contributed by atoms with Crippen LogP contribution in [-0.4, -0.2) is 46.0 Å². The zero-order valence-electron chi connectivity index (χ0n) is 12.7. The van der Waals surface area contributed by atoms with E-state index in [1.54, 1.807) is 30.7 Å². The van der Waals surface area contributed by atoms with Gasteiger partial charge in [-0.15, -0.1) is 5.10 Å². The van der Waals surface area contributed by atoms with Crippen LogP contribution in [0, 0.1) is 11.8 Å². The third-order valence-corrected chi connectivity index (χ3v) is 5.43. The Hall–Kier alpha value is -0.660. The molecule has 1 saturated carbocycles. The van der Waals surface area contributed by atoms with Gasteiger partial charge < -0.3 is 9.47 Å². The molecule has 0 saturated heterocycles. The minimum Gasteiger partial charge on any atom is -0.354 e. The van der Waals surface area contributed by atoms with Crippen LogP contribution in [0.3, 0.4) is 0 Å². The average Bonchev–Trinajstić information content (AvgIpc) is 2.87. The van der Waals surface area contributed by atoms with E-state index in [0.29, 0.717) is 11.8 Å². The van der Waals surface area contributed by atoms with Crippen LogP contribution in [0.2, 0.25) is 0 Å². The van der Waals surface area contributed by atoms with Gasteiger partial charge in [0, 0.05) is 19.5 Å². The Morgan fingerprint density at radius 3 is 2.65 bits per heavy atom. The molecule has 0 aliphatic heterocycles. The molecule has 3 unspecified atom stereocenters. The van der Waals surface area contributed by atoms with E-state index in [0.717, 1.165) is 17.0 Å². The van der Waals surface area contributed by atoms with Crippen LogP contribution >= 0.6 is 11.8 Å². The molecule has 1 heterocycles. The Morgan fingerprint density at radius 2 is 2.00 bits per heavy atom. The summed E-state index contributed by atoms with van der Waals surface area (Å²) in [6.45, 7) is 5.20. The number of aromatic nitrogens is 4. The lowest BCUT2D eigenvalue weighted by Gasteiger charge is -2.31. The van der Waals surface area contributed by atoms with Crippen molar-refractivity contribution in [2.45, 2.75) is 56.4 Å². The van der Waals surface area contributed by atoms with Crippen molar-refractivity contribution < 1.29 is 9.47 Å². The van der Waals surface area contributed by atoms with Crippen LogP contribution in [0.4, 0.5) is 0 Å². The van der Waals surface area contributed by atoms with Crippen molar-refractivity contribution in [2.24, 2.45) is 11.8 Å². The van der Waals surface area contributed by atoms with E-state index in [9.17, 15) is 0 Å². The minimum absolute atomic E-state index is 0.317. The van der Waals surface area contributed by atoms with Crippen molar-refractivity contribution in [3.63, 3.8) is 0 Å². The van der Waals surface area contributed by atoms with Gasteiger partial charge in [-0.3, -0.25) is 0 Å². The molecule has 0 N–H and O–H groups in total. The number of tetrazole rings is 1. The standard InChI is InChI=1S/C13H24N4O2S/c1-9-5-6-11(7-10(9)2)20-13-14-15-16-17(13)8-12(18-3)19-4/h9-12H,5-8H2,1-4H3. The molecule has 7 heteroatoms. The number of methoxy groups -OCH3 is 2. The molecule has 3 atom stereocenters. The number of nitrogens with zero attached hydrogens (tertiary/aromatic N) is 4. The molecule has 0 aromatic carbocycles. The van der Waals surface area contributed by atoms with Crippen LogP contribution in [0.25, 0.3) is 0 Å². The van der Waals surface area contributed by atoms with Crippen LogP contribution in [0.15, 0.2) is 5.16 Å². The van der Waals surface area contributed by atoms with Crippen molar-refractivity contribution in [2.75, 3.05) is 14.2 Å². The fourth-order valence-electron chi connectivity index (χ4n) is 2.54. The predicted octanol–water partition coefficient (Wildman–Crippen LogP) is 2.21. The van der Waals surface area contributed by atoms with E-state index in [4.69, 9.17) is 9.47 Å². The van der Waals surface area contributed by atoms with Gasteiger partial charge in [0.1, 0.15) is 0 Å². The molecule has 1 aromatic rings. The number of thioether (sulfide) groups is 1. The molecule has 1 aromatic heterocycles. The summed E-state index contributed by atoms with van der Waals surface area (Å²) in [6, 6.07) is 0. The Bertz CT molecular complexity index is 411. The van der Waals surface area contributed by atoms with E-state index in [1.165, 1.54) is 19.3 Å². The van der Waals surface area contributed by atoms with Gasteiger partial charge in [0.2, 0.25) is 5.16 Å². The molecular formula is C13H24N4O2S. The highest BCUT2D eigenvalue weighted by molar-refractivity contribution is 7.99. The third-order valence-electron chi connectivity index (χ3n) is 4.17. The first-order valence-corrected chi connectivity index (χ1v) is 8.00. The second-order valence-electron chi connectivity index (χ2n) is 5.55. The van der Waals surface area contributed by atoms with E-state index in [-0.39, 0.29) is 6.29 Å². The average molecular weight is 300 g/mol. The van der Waals surface area contributed by atoms with Crippen LogP contribution < -0.4 is 0 Å². The summed E-state index contributed by atoms with van der Waals surface area (Å²) in [7, 11) is 3.24. The molecule has 1 aliphatic rings. The van der Waals surface area contributed by atoms with E-state index in [1.807, 2.05) is 0 Å². The quantitative estimate of drug-likeness (QED) is 0.751. The van der Waals surface area contributed by atoms with Gasteiger partial charge >= 0.3 is 0 Å². The summed E-state index contributed by atoms with van der Waals surface area (Å²) in [5.41, 5.74) is 0. The van der Waals surface area contributed by atoms with Crippen molar-refractivity contribution in [3.8, 4) is 0 Å². The molecule has 0 spiro atoms. The summed E-state index contributed by atoms with van der Waals surface area (Å²) in [5.74, 6) is 1.60. The minimum atomic E-state index is -0.317. The molecule has 114 valence electrons. The van der Waals surface area contributed by atoms with Crippen LogP contribution in [-0.2, 0) is 16.0 Å². The number of hydrogen-bond acceptors (Lipinski definition) is 6. The van der Waals surface area contributed by atoms with Gasteiger partial charge in [-0.2, -0.15) is 0 Å². The first-order chi connectivity index (χ1) is 9.63. The summed E-state index contributed by atoms with van der Waals surface area (Å²) in [5, 5.41) is 13.4. The van der Waals surface area contributed by atoms with Crippen LogP contribution in [0.1, 0.15) is 33.1 Å². The molecule has 2 rings (SSSR count). The summed E-state index contributed by atoms with van der Waals surface area (Å²) in [6.07, 6.45) is 3.44. The first kappa shape index (κ1) is 15.7. The van der Waals surface area contributed by atoms with Gasteiger partial charge in [0.05, 0.1) is 6.54 Å². The van der Waals surface area contributed by atoms with Gasteiger partial charge in [0.25, 0.3) is 0 Å². The first-order valence-electron chi connectivity index (χ1n) is 7.12. The van der Waals surface area contributed by atoms with Crippen molar-refractivity contribution in [1.82, 2.24) is 20.2 Å². The molecule has 0 bridgehead atoms.